The van der Waals surface area contributed by atoms with Crippen molar-refractivity contribution >= 4 is 34.0 Å². The van der Waals surface area contributed by atoms with E-state index in [2.05, 4.69) is 27.7 Å². The number of carbonyl (C=O) groups excluding carboxylic acids is 1. The van der Waals surface area contributed by atoms with Gasteiger partial charge in [0.2, 0.25) is 0 Å². The number of amides is 1. The Morgan fingerprint density at radius 3 is 2.47 bits per heavy atom. The quantitative estimate of drug-likeness (QED) is 0.442. The molecule has 1 aliphatic rings. The number of hydrogen-bond acceptors (Lipinski definition) is 6. The van der Waals surface area contributed by atoms with Crippen molar-refractivity contribution in [1.82, 2.24) is 10.3 Å². The molecule has 1 saturated carbocycles. The van der Waals surface area contributed by atoms with Crippen LogP contribution in [0.3, 0.4) is 0 Å². The molecule has 8 nitrogen and oxygen atoms in total. The van der Waals surface area contributed by atoms with Gasteiger partial charge in [0.05, 0.1) is 10.4 Å². The van der Waals surface area contributed by atoms with Crippen LogP contribution in [0.15, 0.2) is 54.6 Å². The minimum atomic E-state index is -0.490. The highest BCUT2D eigenvalue weighted by atomic mass is 16.6. The van der Waals surface area contributed by atoms with Crippen molar-refractivity contribution < 1.29 is 9.72 Å². The Morgan fingerprint density at radius 2 is 1.75 bits per heavy atom. The van der Waals surface area contributed by atoms with Gasteiger partial charge in [0.15, 0.2) is 0 Å². The van der Waals surface area contributed by atoms with E-state index in [0.29, 0.717) is 5.56 Å². The molecule has 1 fully saturated rings. The molecule has 0 aliphatic heterocycles. The zero-order valence-corrected chi connectivity index (χ0v) is 18.2. The average molecular weight is 434 g/mol. The van der Waals surface area contributed by atoms with E-state index in [1.54, 1.807) is 6.07 Å². The number of anilines is 2. The number of hydrogen-bond donors (Lipinski definition) is 2. The van der Waals surface area contributed by atoms with Gasteiger partial charge in [-0.2, -0.15) is 0 Å². The van der Waals surface area contributed by atoms with E-state index in [1.165, 1.54) is 18.2 Å². The van der Waals surface area contributed by atoms with Gasteiger partial charge in [0.25, 0.3) is 11.6 Å². The molecular weight excluding hydrogens is 406 g/mol. The van der Waals surface area contributed by atoms with E-state index in [-0.39, 0.29) is 23.7 Å². The van der Waals surface area contributed by atoms with Crippen LogP contribution in [0.5, 0.6) is 0 Å². The molecule has 0 unspecified atom stereocenters. The molecule has 0 saturated heterocycles. The van der Waals surface area contributed by atoms with E-state index in [4.69, 9.17) is 4.98 Å². The number of rotatable bonds is 6. The van der Waals surface area contributed by atoms with Gasteiger partial charge in [0, 0.05) is 61.0 Å². The van der Waals surface area contributed by atoms with Gasteiger partial charge in [0.1, 0.15) is 5.82 Å². The summed E-state index contributed by atoms with van der Waals surface area (Å²) in [6.45, 7) is 0. The first-order valence-corrected chi connectivity index (χ1v) is 10.8. The van der Waals surface area contributed by atoms with E-state index in [9.17, 15) is 14.9 Å². The van der Waals surface area contributed by atoms with Gasteiger partial charge in [-0.1, -0.05) is 24.3 Å². The zero-order valence-electron chi connectivity index (χ0n) is 18.2. The molecule has 2 aromatic carbocycles. The third-order valence-electron chi connectivity index (χ3n) is 5.91. The molecule has 1 amide bonds. The van der Waals surface area contributed by atoms with Crippen LogP contribution in [-0.2, 0) is 0 Å². The second kappa shape index (κ2) is 9.21. The Balaban J connectivity index is 1.37. The molecule has 8 heteroatoms. The monoisotopic (exact) mass is 433 g/mol. The number of carbonyl (C=O) groups is 1. The van der Waals surface area contributed by atoms with Crippen LogP contribution in [0.25, 0.3) is 10.9 Å². The zero-order chi connectivity index (χ0) is 22.7. The third-order valence-corrected chi connectivity index (χ3v) is 5.91. The van der Waals surface area contributed by atoms with Crippen molar-refractivity contribution in [1.29, 1.82) is 0 Å². The molecule has 2 N–H and O–H groups in total. The molecular formula is C24H27N5O3. The molecule has 0 atom stereocenters. The van der Waals surface area contributed by atoms with Crippen LogP contribution in [-0.4, -0.2) is 42.0 Å². The van der Waals surface area contributed by atoms with E-state index in [0.717, 1.165) is 48.1 Å². The van der Waals surface area contributed by atoms with Crippen molar-refractivity contribution in [3.63, 3.8) is 0 Å². The van der Waals surface area contributed by atoms with Gasteiger partial charge < -0.3 is 15.5 Å². The number of nitrogens with one attached hydrogen (secondary N) is 2. The first kappa shape index (κ1) is 21.5. The molecule has 32 heavy (non-hydrogen) atoms. The van der Waals surface area contributed by atoms with Crippen LogP contribution in [0.1, 0.15) is 36.0 Å². The van der Waals surface area contributed by atoms with E-state index < -0.39 is 4.92 Å². The minimum absolute atomic E-state index is 0.0571. The van der Waals surface area contributed by atoms with Crippen molar-refractivity contribution in [2.24, 2.45) is 0 Å². The summed E-state index contributed by atoms with van der Waals surface area (Å²) in [5.41, 5.74) is 2.32. The normalized spacial score (nSPS) is 18.2. The Morgan fingerprint density at radius 1 is 1.03 bits per heavy atom. The lowest BCUT2D eigenvalue weighted by molar-refractivity contribution is -0.384. The SMILES string of the molecule is CN(C)c1cc(NC2CCC(NC(=O)c3cccc([N+](=O)[O-])c3)CC2)nc2ccccc12. The van der Waals surface area contributed by atoms with Crippen LogP contribution < -0.4 is 15.5 Å². The van der Waals surface area contributed by atoms with Gasteiger partial charge in [-0.05, 0) is 37.8 Å². The fraction of sp³-hybridized carbons (Fsp3) is 0.333. The van der Waals surface area contributed by atoms with Gasteiger partial charge in [-0.3, -0.25) is 14.9 Å². The molecule has 1 heterocycles. The summed E-state index contributed by atoms with van der Waals surface area (Å²) in [4.78, 5) is 29.8. The van der Waals surface area contributed by atoms with Gasteiger partial charge in [-0.15, -0.1) is 0 Å². The summed E-state index contributed by atoms with van der Waals surface area (Å²) < 4.78 is 0. The van der Waals surface area contributed by atoms with Crippen molar-refractivity contribution in [2.45, 2.75) is 37.8 Å². The first-order valence-electron chi connectivity index (χ1n) is 10.8. The van der Waals surface area contributed by atoms with Crippen LogP contribution in [0, 0.1) is 10.1 Å². The fourth-order valence-corrected chi connectivity index (χ4v) is 4.22. The summed E-state index contributed by atoms with van der Waals surface area (Å²) in [6, 6.07) is 16.4. The maximum absolute atomic E-state index is 12.5. The smallest absolute Gasteiger partial charge is 0.270 e. The number of benzene rings is 2. The summed E-state index contributed by atoms with van der Waals surface area (Å²) in [5.74, 6) is 0.591. The fourth-order valence-electron chi connectivity index (χ4n) is 4.22. The summed E-state index contributed by atoms with van der Waals surface area (Å²) >= 11 is 0. The van der Waals surface area contributed by atoms with Crippen molar-refractivity contribution in [2.75, 3.05) is 24.3 Å². The molecule has 4 rings (SSSR count). The molecule has 1 aromatic heterocycles. The number of non-ortho nitro benzene ring substituents is 1. The molecule has 0 spiro atoms. The number of nitrogens with zero attached hydrogens (tertiary/aromatic N) is 3. The maximum atomic E-state index is 12.5. The number of nitro groups is 1. The molecule has 166 valence electrons. The number of nitro benzene ring substituents is 1. The summed E-state index contributed by atoms with van der Waals surface area (Å²) in [7, 11) is 4.06. The average Bonchev–Trinajstić information content (AvgIpc) is 2.79. The van der Waals surface area contributed by atoms with Crippen LogP contribution >= 0.6 is 0 Å². The number of para-hydroxylation sites is 1. The van der Waals surface area contributed by atoms with E-state index in [1.807, 2.05) is 32.3 Å². The molecule has 0 radical (unpaired) electrons. The molecule has 1 aliphatic carbocycles. The predicted molar refractivity (Wildman–Crippen MR) is 126 cm³/mol. The predicted octanol–water partition coefficient (Wildman–Crippen LogP) is 4.36. The lowest BCUT2D eigenvalue weighted by Crippen LogP contribution is -2.40. The first-order chi connectivity index (χ1) is 15.4. The van der Waals surface area contributed by atoms with Gasteiger partial charge >= 0.3 is 0 Å². The van der Waals surface area contributed by atoms with E-state index >= 15 is 0 Å². The van der Waals surface area contributed by atoms with Crippen LogP contribution in [0.2, 0.25) is 0 Å². The van der Waals surface area contributed by atoms with Crippen molar-refractivity contribution in [3.8, 4) is 0 Å². The second-order valence-electron chi connectivity index (χ2n) is 8.41. The lowest BCUT2D eigenvalue weighted by Gasteiger charge is -2.30. The minimum Gasteiger partial charge on any atom is -0.377 e. The largest absolute Gasteiger partial charge is 0.377 e. The Labute approximate surface area is 186 Å². The number of pyridine rings is 1. The topological polar surface area (TPSA) is 100 Å². The van der Waals surface area contributed by atoms with Crippen molar-refractivity contribution in [3.05, 3.63) is 70.3 Å². The Kier molecular flexibility index (Phi) is 6.20. The summed E-state index contributed by atoms with van der Waals surface area (Å²) in [6.07, 6.45) is 3.50. The third kappa shape index (κ3) is 4.80. The molecule has 3 aromatic rings. The Hall–Kier alpha value is -3.68. The second-order valence-corrected chi connectivity index (χ2v) is 8.41. The number of aromatic nitrogens is 1. The molecule has 0 bridgehead atoms. The highest BCUT2D eigenvalue weighted by molar-refractivity contribution is 5.95. The summed E-state index contributed by atoms with van der Waals surface area (Å²) in [5, 5.41) is 18.7. The Bertz CT molecular complexity index is 1140. The highest BCUT2D eigenvalue weighted by Crippen LogP contribution is 2.29. The lowest BCUT2D eigenvalue weighted by atomic mass is 9.91. The number of fused-ring (bicyclic) bond motifs is 1. The van der Waals surface area contributed by atoms with Crippen LogP contribution in [0.4, 0.5) is 17.2 Å². The highest BCUT2D eigenvalue weighted by Gasteiger charge is 2.24. The van der Waals surface area contributed by atoms with Gasteiger partial charge in [-0.25, -0.2) is 4.98 Å². The maximum Gasteiger partial charge on any atom is 0.270 e. The standard InChI is InChI=1S/C24H27N5O3/c1-28(2)22-15-23(27-21-9-4-3-8-20(21)22)25-17-10-12-18(13-11-17)26-24(30)16-6-5-7-19(14-16)29(31)32/h3-9,14-15,17-18H,10-13H2,1-2H3,(H,25,27)(H,26,30).